The largest absolute Gasteiger partial charge is 0.469 e. The van der Waals surface area contributed by atoms with E-state index in [9.17, 15) is 13.6 Å². The number of nitrogens with one attached hydrogen (secondary N) is 1. The van der Waals surface area contributed by atoms with Crippen LogP contribution in [0.1, 0.15) is 12.8 Å². The van der Waals surface area contributed by atoms with E-state index in [4.69, 9.17) is 0 Å². The number of carbonyl (C=O) groups excluding carboxylic acids is 1. The Morgan fingerprint density at radius 3 is 2.33 bits per heavy atom. The van der Waals surface area contributed by atoms with Gasteiger partial charge in [0.1, 0.15) is 0 Å². The van der Waals surface area contributed by atoms with Crippen LogP contribution in [0, 0.1) is 17.8 Å². The number of fused-ring (bicyclic) bond motifs is 2. The Morgan fingerprint density at radius 1 is 1.33 bits per heavy atom. The minimum absolute atomic E-state index is 0.239. The van der Waals surface area contributed by atoms with Crippen LogP contribution in [-0.2, 0) is 9.53 Å². The fraction of sp³-hybridized carbons (Fsp3) is 0.900. The molecule has 2 bridgehead atoms. The highest BCUT2D eigenvalue weighted by Gasteiger charge is 2.54. The van der Waals surface area contributed by atoms with Gasteiger partial charge in [0.2, 0.25) is 0 Å². The first-order valence-electron chi connectivity index (χ1n) is 5.22. The van der Waals surface area contributed by atoms with Crippen molar-refractivity contribution in [2.24, 2.45) is 17.8 Å². The third kappa shape index (κ3) is 1.73. The van der Waals surface area contributed by atoms with Crippen molar-refractivity contribution in [1.29, 1.82) is 0 Å². The van der Waals surface area contributed by atoms with Crippen molar-refractivity contribution >= 4 is 5.97 Å². The summed E-state index contributed by atoms with van der Waals surface area (Å²) in [6, 6.07) is 0. The minimum atomic E-state index is -2.62. The van der Waals surface area contributed by atoms with Gasteiger partial charge in [0, 0.05) is 24.9 Å². The maximum atomic E-state index is 13.7. The van der Waals surface area contributed by atoms with Gasteiger partial charge in [-0.3, -0.25) is 4.79 Å². The van der Waals surface area contributed by atoms with Crippen LogP contribution in [0.4, 0.5) is 8.78 Å². The van der Waals surface area contributed by atoms with Gasteiger partial charge in [0.25, 0.3) is 5.92 Å². The van der Waals surface area contributed by atoms with Crippen LogP contribution in [0.5, 0.6) is 0 Å². The zero-order valence-corrected chi connectivity index (χ0v) is 8.63. The lowest BCUT2D eigenvalue weighted by atomic mass is 9.70. The summed E-state index contributed by atoms with van der Waals surface area (Å²) in [7, 11) is 1.31. The molecule has 0 aromatic heterocycles. The highest BCUT2D eigenvalue weighted by Crippen LogP contribution is 2.46. The monoisotopic (exact) mass is 219 g/mol. The lowest BCUT2D eigenvalue weighted by Crippen LogP contribution is -2.56. The summed E-state index contributed by atoms with van der Waals surface area (Å²) in [6.07, 6.45) is 0.479. The van der Waals surface area contributed by atoms with E-state index in [0.717, 1.165) is 0 Å². The number of carbonyl (C=O) groups is 1. The van der Waals surface area contributed by atoms with Crippen molar-refractivity contribution in [3.63, 3.8) is 0 Å². The highest BCUT2D eigenvalue weighted by molar-refractivity contribution is 5.72. The van der Waals surface area contributed by atoms with Gasteiger partial charge in [-0.15, -0.1) is 0 Å². The zero-order valence-electron chi connectivity index (χ0n) is 8.63. The molecule has 1 saturated heterocycles. The number of rotatable bonds is 1. The maximum absolute atomic E-state index is 13.7. The maximum Gasteiger partial charge on any atom is 0.308 e. The van der Waals surface area contributed by atoms with E-state index in [1.807, 2.05) is 0 Å². The van der Waals surface area contributed by atoms with Crippen LogP contribution in [0.3, 0.4) is 0 Å². The number of hydrogen-bond acceptors (Lipinski definition) is 3. The summed E-state index contributed by atoms with van der Waals surface area (Å²) in [6.45, 7) is 0.605. The van der Waals surface area contributed by atoms with Gasteiger partial charge in [-0.25, -0.2) is 8.78 Å². The van der Waals surface area contributed by atoms with Crippen molar-refractivity contribution in [3.8, 4) is 0 Å². The van der Waals surface area contributed by atoms with Gasteiger partial charge in [-0.05, 0) is 12.8 Å². The predicted octanol–water partition coefficient (Wildman–Crippen LogP) is 1.04. The van der Waals surface area contributed by atoms with E-state index < -0.39 is 17.8 Å². The van der Waals surface area contributed by atoms with E-state index in [0.29, 0.717) is 13.1 Å². The summed E-state index contributed by atoms with van der Waals surface area (Å²) < 4.78 is 31.9. The Kier molecular flexibility index (Phi) is 2.66. The fourth-order valence-corrected chi connectivity index (χ4v) is 2.66. The SMILES string of the molecule is COC(=O)C1CC2CNCC(C1)C2(F)F. The van der Waals surface area contributed by atoms with Crippen molar-refractivity contribution in [2.75, 3.05) is 20.2 Å². The van der Waals surface area contributed by atoms with Crippen LogP contribution in [0.25, 0.3) is 0 Å². The normalized spacial score (nSPS) is 38.5. The first-order valence-corrected chi connectivity index (χ1v) is 5.22. The Labute approximate surface area is 87.2 Å². The van der Waals surface area contributed by atoms with Gasteiger partial charge in [-0.2, -0.15) is 0 Å². The molecule has 1 aliphatic carbocycles. The molecule has 2 unspecified atom stereocenters. The van der Waals surface area contributed by atoms with Crippen LogP contribution in [0.2, 0.25) is 0 Å². The number of methoxy groups -OCH3 is 1. The van der Waals surface area contributed by atoms with Crippen molar-refractivity contribution < 1.29 is 18.3 Å². The van der Waals surface area contributed by atoms with Crippen LogP contribution in [0.15, 0.2) is 0 Å². The van der Waals surface area contributed by atoms with E-state index in [1.165, 1.54) is 7.11 Å². The molecule has 2 aliphatic rings. The lowest BCUT2D eigenvalue weighted by molar-refractivity contribution is -0.173. The molecule has 15 heavy (non-hydrogen) atoms. The number of hydrogen-bond donors (Lipinski definition) is 1. The summed E-state index contributed by atoms with van der Waals surface area (Å²) in [5, 5.41) is 2.99. The summed E-state index contributed by atoms with van der Waals surface area (Å²) in [4.78, 5) is 11.3. The van der Waals surface area contributed by atoms with Crippen molar-refractivity contribution in [2.45, 2.75) is 18.8 Å². The van der Waals surface area contributed by atoms with Gasteiger partial charge >= 0.3 is 5.97 Å². The van der Waals surface area contributed by atoms with Crippen LogP contribution in [-0.4, -0.2) is 32.1 Å². The molecular weight excluding hydrogens is 204 g/mol. The standard InChI is InChI=1S/C10H15F2NO2/c1-15-9(14)6-2-7-4-13-5-8(3-6)10(7,11)12/h6-8,13H,2-5H2,1H3. The van der Waals surface area contributed by atoms with Gasteiger partial charge in [0.15, 0.2) is 0 Å². The Hall–Kier alpha value is -0.710. The molecule has 2 fully saturated rings. The van der Waals surface area contributed by atoms with Crippen LogP contribution >= 0.6 is 0 Å². The second-order valence-electron chi connectivity index (χ2n) is 4.42. The fourth-order valence-electron chi connectivity index (χ4n) is 2.66. The Morgan fingerprint density at radius 2 is 1.87 bits per heavy atom. The Bertz CT molecular complexity index is 254. The quantitative estimate of drug-likeness (QED) is 0.670. The molecule has 5 heteroatoms. The van der Waals surface area contributed by atoms with E-state index in [2.05, 4.69) is 10.1 Å². The molecule has 1 aliphatic heterocycles. The molecule has 0 aromatic rings. The second kappa shape index (κ2) is 3.70. The molecule has 86 valence electrons. The molecule has 1 N–H and O–H groups in total. The zero-order chi connectivity index (χ0) is 11.1. The third-order valence-electron chi connectivity index (χ3n) is 3.54. The van der Waals surface area contributed by atoms with E-state index in [1.54, 1.807) is 0 Å². The summed E-state index contributed by atoms with van der Waals surface area (Å²) in [5.41, 5.74) is 0. The number of ether oxygens (including phenoxy) is 1. The van der Waals surface area contributed by atoms with Gasteiger partial charge < -0.3 is 10.1 Å². The number of halogens is 2. The molecule has 1 heterocycles. The van der Waals surface area contributed by atoms with E-state index >= 15 is 0 Å². The molecule has 0 spiro atoms. The molecule has 3 nitrogen and oxygen atoms in total. The number of alkyl halides is 2. The van der Waals surface area contributed by atoms with Gasteiger partial charge in [-0.1, -0.05) is 0 Å². The van der Waals surface area contributed by atoms with Crippen LogP contribution < -0.4 is 5.32 Å². The molecule has 0 radical (unpaired) electrons. The average molecular weight is 219 g/mol. The minimum Gasteiger partial charge on any atom is -0.469 e. The first kappa shape index (κ1) is 10.8. The summed E-state index contributed by atoms with van der Waals surface area (Å²) >= 11 is 0. The number of piperidine rings is 1. The highest BCUT2D eigenvalue weighted by atomic mass is 19.3. The van der Waals surface area contributed by atoms with E-state index in [-0.39, 0.29) is 24.7 Å². The summed E-state index contributed by atoms with van der Waals surface area (Å²) in [5.74, 6) is -4.73. The van der Waals surface area contributed by atoms with Crippen molar-refractivity contribution in [3.05, 3.63) is 0 Å². The number of esters is 1. The molecule has 1 saturated carbocycles. The van der Waals surface area contributed by atoms with Crippen molar-refractivity contribution in [1.82, 2.24) is 5.32 Å². The smallest absolute Gasteiger partial charge is 0.308 e. The first-order chi connectivity index (χ1) is 7.05. The topological polar surface area (TPSA) is 38.3 Å². The lowest BCUT2D eigenvalue weighted by Gasteiger charge is -2.44. The molecule has 2 rings (SSSR count). The average Bonchev–Trinajstić information content (AvgIpc) is 2.14. The molecule has 0 aromatic carbocycles. The van der Waals surface area contributed by atoms with Gasteiger partial charge in [0.05, 0.1) is 13.0 Å². The second-order valence-corrected chi connectivity index (χ2v) is 4.42. The molecule has 2 atom stereocenters. The third-order valence-corrected chi connectivity index (χ3v) is 3.54. The molecule has 0 amide bonds. The predicted molar refractivity (Wildman–Crippen MR) is 49.5 cm³/mol. The molecular formula is C10H15F2NO2. The Balaban J connectivity index is 2.12.